The van der Waals surface area contributed by atoms with Crippen molar-refractivity contribution < 1.29 is 19.0 Å². The summed E-state index contributed by atoms with van der Waals surface area (Å²) < 4.78 is 17.7. The third kappa shape index (κ3) is 7.24. The van der Waals surface area contributed by atoms with E-state index < -0.39 is 0 Å². The van der Waals surface area contributed by atoms with Crippen molar-refractivity contribution >= 4 is 80.4 Å². The van der Waals surface area contributed by atoms with Crippen molar-refractivity contribution in [2.75, 3.05) is 27.4 Å². The van der Waals surface area contributed by atoms with E-state index in [0.717, 1.165) is 20.4 Å². The van der Waals surface area contributed by atoms with Crippen molar-refractivity contribution in [2.45, 2.75) is 13.0 Å². The number of carbonyl (C=O) groups is 1. The predicted molar refractivity (Wildman–Crippen MR) is 164 cm³/mol. The number of carbonyl (C=O) groups excluding carboxylic acids is 1. The number of halogens is 3. The molecule has 6 nitrogen and oxygen atoms in total. The van der Waals surface area contributed by atoms with Gasteiger partial charge in [0.2, 0.25) is 0 Å². The van der Waals surface area contributed by atoms with E-state index in [9.17, 15) is 4.79 Å². The van der Waals surface area contributed by atoms with Gasteiger partial charge in [0, 0.05) is 20.3 Å². The van der Waals surface area contributed by atoms with Crippen LogP contribution in [0.3, 0.4) is 0 Å². The molecule has 1 saturated heterocycles. The molecule has 3 aromatic rings. The highest BCUT2D eigenvalue weighted by molar-refractivity contribution is 14.1. The van der Waals surface area contributed by atoms with Crippen LogP contribution in [-0.2, 0) is 16.1 Å². The lowest BCUT2D eigenvalue weighted by Gasteiger charge is -2.15. The van der Waals surface area contributed by atoms with E-state index >= 15 is 0 Å². The zero-order valence-corrected chi connectivity index (χ0v) is 25.2. The Kier molecular flexibility index (Phi) is 10.4. The van der Waals surface area contributed by atoms with Gasteiger partial charge in [-0.3, -0.25) is 9.69 Å². The zero-order chi connectivity index (χ0) is 27.1. The molecule has 3 aromatic carbocycles. The Morgan fingerprint density at radius 3 is 2.55 bits per heavy atom. The Bertz CT molecular complexity index is 1370. The summed E-state index contributed by atoms with van der Waals surface area (Å²) in [5.41, 5.74) is 2.50. The van der Waals surface area contributed by atoms with Crippen LogP contribution in [0.2, 0.25) is 10.0 Å². The molecule has 0 atom stereocenters. The molecule has 0 aliphatic carbocycles. The molecule has 0 N–H and O–H groups in total. The number of ether oxygens (including phenoxy) is 3. The van der Waals surface area contributed by atoms with Gasteiger partial charge in [0.15, 0.2) is 16.7 Å². The van der Waals surface area contributed by atoms with E-state index in [1.165, 1.54) is 11.8 Å². The van der Waals surface area contributed by atoms with Crippen LogP contribution in [0, 0.1) is 3.57 Å². The van der Waals surface area contributed by atoms with Gasteiger partial charge in [-0.2, -0.15) is 0 Å². The SMILES string of the molecule is COCCCN1C(=O)/C(=C/c2cc(I)c(OCc3ccc(Cl)c(Cl)c3)c(OC)c2)SC1=Nc1ccccc1. The summed E-state index contributed by atoms with van der Waals surface area (Å²) in [6, 6.07) is 18.8. The minimum Gasteiger partial charge on any atom is -0.493 e. The second-order valence-electron chi connectivity index (χ2n) is 8.21. The first-order valence-electron chi connectivity index (χ1n) is 11.7. The predicted octanol–water partition coefficient (Wildman–Crippen LogP) is 7.83. The molecule has 0 spiro atoms. The minimum atomic E-state index is -0.0882. The first-order valence-corrected chi connectivity index (χ1v) is 14.3. The molecule has 38 heavy (non-hydrogen) atoms. The summed E-state index contributed by atoms with van der Waals surface area (Å²) >= 11 is 15.7. The lowest BCUT2D eigenvalue weighted by Crippen LogP contribution is -2.30. The molecule has 0 aromatic heterocycles. The summed E-state index contributed by atoms with van der Waals surface area (Å²) in [6.45, 7) is 1.38. The number of hydrogen-bond donors (Lipinski definition) is 0. The third-order valence-corrected chi connectivity index (χ3v) is 8.06. The highest BCUT2D eigenvalue weighted by atomic mass is 127. The first kappa shape index (κ1) is 28.8. The van der Waals surface area contributed by atoms with E-state index in [-0.39, 0.29) is 5.91 Å². The van der Waals surface area contributed by atoms with E-state index in [1.54, 1.807) is 31.3 Å². The van der Waals surface area contributed by atoms with Gasteiger partial charge >= 0.3 is 0 Å². The highest BCUT2D eigenvalue weighted by Crippen LogP contribution is 2.38. The number of nitrogens with zero attached hydrogens (tertiary/aromatic N) is 2. The van der Waals surface area contributed by atoms with Gasteiger partial charge in [0.05, 0.1) is 31.3 Å². The number of hydrogen-bond acceptors (Lipinski definition) is 6. The van der Waals surface area contributed by atoms with Crippen LogP contribution in [0.4, 0.5) is 5.69 Å². The summed E-state index contributed by atoms with van der Waals surface area (Å²) in [4.78, 5) is 20.4. The maximum atomic E-state index is 13.4. The number of rotatable bonds is 10. The van der Waals surface area contributed by atoms with Gasteiger partial charge in [-0.1, -0.05) is 47.5 Å². The number of thioether (sulfide) groups is 1. The fraction of sp³-hybridized carbons (Fsp3) is 0.214. The lowest BCUT2D eigenvalue weighted by atomic mass is 10.1. The van der Waals surface area contributed by atoms with Crippen molar-refractivity contribution in [3.05, 3.63) is 90.3 Å². The average molecular weight is 683 g/mol. The Balaban J connectivity index is 1.58. The molecule has 1 aliphatic heterocycles. The second kappa shape index (κ2) is 13.7. The number of amidine groups is 1. The maximum absolute atomic E-state index is 13.4. The summed E-state index contributed by atoms with van der Waals surface area (Å²) in [5, 5.41) is 1.61. The molecule has 0 radical (unpaired) electrons. The molecule has 4 rings (SSSR count). The van der Waals surface area contributed by atoms with Gasteiger partial charge < -0.3 is 14.2 Å². The molecule has 0 unspecified atom stereocenters. The van der Waals surface area contributed by atoms with Gasteiger partial charge in [-0.05, 0) is 94.4 Å². The van der Waals surface area contributed by atoms with Gasteiger partial charge in [0.25, 0.3) is 5.91 Å². The summed E-state index contributed by atoms with van der Waals surface area (Å²) in [5.74, 6) is 1.09. The number of methoxy groups -OCH3 is 2. The molecule has 0 saturated carbocycles. The van der Waals surface area contributed by atoms with Crippen LogP contribution in [-0.4, -0.2) is 43.3 Å². The molecule has 10 heteroatoms. The van der Waals surface area contributed by atoms with E-state index in [0.29, 0.717) is 57.8 Å². The smallest absolute Gasteiger partial charge is 0.266 e. The third-order valence-electron chi connectivity index (χ3n) is 5.52. The fourth-order valence-electron chi connectivity index (χ4n) is 3.67. The molecule has 0 bridgehead atoms. The number of amides is 1. The molecule has 1 aliphatic rings. The van der Waals surface area contributed by atoms with Gasteiger partial charge in [-0.15, -0.1) is 0 Å². The van der Waals surface area contributed by atoms with Crippen molar-refractivity contribution in [2.24, 2.45) is 4.99 Å². The van der Waals surface area contributed by atoms with Crippen LogP contribution in [0.5, 0.6) is 11.5 Å². The van der Waals surface area contributed by atoms with Crippen LogP contribution >= 0.6 is 57.6 Å². The minimum absolute atomic E-state index is 0.0882. The molecule has 1 fully saturated rings. The standard InChI is InChI=1S/C28H25Cl2IN2O4S/c1-35-12-6-11-33-27(34)25(38-28(33)32-20-7-4-3-5-8-20)16-19-14-23(31)26(24(15-19)36-2)37-17-18-9-10-21(29)22(30)13-18/h3-5,7-10,13-16H,6,11-12,17H2,1-2H3/b25-16-,32-28?. The Morgan fingerprint density at radius 1 is 1.05 bits per heavy atom. The van der Waals surface area contributed by atoms with Crippen molar-refractivity contribution in [1.82, 2.24) is 4.90 Å². The Labute approximate surface area is 250 Å². The number of aliphatic imine (C=N–C) groups is 1. The van der Waals surface area contributed by atoms with Crippen molar-refractivity contribution in [3.63, 3.8) is 0 Å². The molecule has 198 valence electrons. The zero-order valence-electron chi connectivity index (χ0n) is 20.7. The number of benzene rings is 3. The topological polar surface area (TPSA) is 60.4 Å². The van der Waals surface area contributed by atoms with Crippen LogP contribution in [0.1, 0.15) is 17.5 Å². The molecule has 1 heterocycles. The van der Waals surface area contributed by atoms with E-state index in [4.69, 9.17) is 42.4 Å². The maximum Gasteiger partial charge on any atom is 0.266 e. The van der Waals surface area contributed by atoms with Crippen LogP contribution in [0.25, 0.3) is 6.08 Å². The lowest BCUT2D eigenvalue weighted by molar-refractivity contribution is -0.122. The molecular weight excluding hydrogens is 658 g/mol. The van der Waals surface area contributed by atoms with Crippen LogP contribution < -0.4 is 9.47 Å². The monoisotopic (exact) mass is 682 g/mol. The van der Waals surface area contributed by atoms with E-state index in [1.807, 2.05) is 54.6 Å². The van der Waals surface area contributed by atoms with Gasteiger partial charge in [-0.25, -0.2) is 4.99 Å². The Morgan fingerprint density at radius 2 is 1.84 bits per heavy atom. The highest BCUT2D eigenvalue weighted by Gasteiger charge is 2.33. The summed E-state index contributed by atoms with van der Waals surface area (Å²) in [7, 11) is 3.24. The van der Waals surface area contributed by atoms with Gasteiger partial charge in [0.1, 0.15) is 6.61 Å². The normalized spacial score (nSPS) is 15.5. The quantitative estimate of drug-likeness (QED) is 0.124. The number of para-hydroxylation sites is 1. The van der Waals surface area contributed by atoms with Crippen molar-refractivity contribution in [3.8, 4) is 11.5 Å². The average Bonchev–Trinajstić information content (AvgIpc) is 3.19. The molecule has 1 amide bonds. The second-order valence-corrected chi connectivity index (χ2v) is 11.2. The van der Waals surface area contributed by atoms with Crippen LogP contribution in [0.15, 0.2) is 70.6 Å². The summed E-state index contributed by atoms with van der Waals surface area (Å²) in [6.07, 6.45) is 2.57. The largest absolute Gasteiger partial charge is 0.493 e. The van der Waals surface area contributed by atoms with E-state index in [2.05, 4.69) is 22.6 Å². The molecular formula is C28H25Cl2IN2O4S. The first-order chi connectivity index (χ1) is 18.4. The fourth-order valence-corrected chi connectivity index (χ4v) is 5.79. The van der Waals surface area contributed by atoms with Crippen molar-refractivity contribution in [1.29, 1.82) is 0 Å². The Hall–Kier alpha value is -2.24.